The maximum absolute atomic E-state index is 12.6. The van der Waals surface area contributed by atoms with Crippen molar-refractivity contribution in [1.29, 1.82) is 0 Å². The summed E-state index contributed by atoms with van der Waals surface area (Å²) in [6, 6.07) is 9.08. The summed E-state index contributed by atoms with van der Waals surface area (Å²) < 4.78 is 38.0. The molecule has 0 aliphatic heterocycles. The first kappa shape index (κ1) is 15.9. The number of fused-ring (bicyclic) bond motifs is 1. The van der Waals surface area contributed by atoms with Gasteiger partial charge in [-0.25, -0.2) is 13.2 Å². The Kier molecular flexibility index (Phi) is 3.94. The Labute approximate surface area is 137 Å². The van der Waals surface area contributed by atoms with Crippen molar-refractivity contribution in [1.82, 2.24) is 9.97 Å². The van der Waals surface area contributed by atoms with Crippen LogP contribution in [0.2, 0.25) is 0 Å². The topological polar surface area (TPSA) is 113 Å². The molecule has 2 aromatic carbocycles. The number of ether oxygens (including phenoxy) is 2. The standard InChI is InChI=1S/C15H15N3O5S/c1-22-9-3-6-14(23-2)13(7-9)18-24(20,21)10-4-5-11-12(8-10)17-15(19)16-11/h3-8,18H,1-2H3,(H2,16,17,19). The highest BCUT2D eigenvalue weighted by atomic mass is 32.2. The summed E-state index contributed by atoms with van der Waals surface area (Å²) in [5.74, 6) is 0.842. The zero-order chi connectivity index (χ0) is 17.3. The van der Waals surface area contributed by atoms with E-state index in [1.165, 1.54) is 38.5 Å². The lowest BCUT2D eigenvalue weighted by Crippen LogP contribution is -2.13. The minimum Gasteiger partial charge on any atom is -0.497 e. The molecule has 0 aliphatic carbocycles. The maximum atomic E-state index is 12.6. The van der Waals surface area contributed by atoms with Crippen LogP contribution in [0.25, 0.3) is 11.0 Å². The summed E-state index contributed by atoms with van der Waals surface area (Å²) in [4.78, 5) is 16.4. The van der Waals surface area contributed by atoms with E-state index < -0.39 is 15.7 Å². The predicted molar refractivity (Wildman–Crippen MR) is 89.3 cm³/mol. The van der Waals surface area contributed by atoms with Crippen molar-refractivity contribution < 1.29 is 17.9 Å². The van der Waals surface area contributed by atoms with Crippen molar-refractivity contribution in [2.45, 2.75) is 4.90 Å². The number of rotatable bonds is 5. The average molecular weight is 349 g/mol. The van der Waals surface area contributed by atoms with Crippen LogP contribution < -0.4 is 19.9 Å². The first-order valence-electron chi connectivity index (χ1n) is 6.90. The van der Waals surface area contributed by atoms with Gasteiger partial charge < -0.3 is 19.4 Å². The molecule has 1 aromatic heterocycles. The molecule has 24 heavy (non-hydrogen) atoms. The van der Waals surface area contributed by atoms with Crippen LogP contribution in [0.5, 0.6) is 11.5 Å². The molecule has 0 fully saturated rings. The SMILES string of the molecule is COc1ccc(OC)c(NS(=O)(=O)c2ccc3[nH]c(=O)[nH]c3c2)c1. The van der Waals surface area contributed by atoms with E-state index in [2.05, 4.69) is 14.7 Å². The van der Waals surface area contributed by atoms with Gasteiger partial charge in [0.15, 0.2) is 0 Å². The van der Waals surface area contributed by atoms with E-state index >= 15 is 0 Å². The van der Waals surface area contributed by atoms with E-state index in [1.54, 1.807) is 12.1 Å². The summed E-state index contributed by atoms with van der Waals surface area (Å²) in [7, 11) is -0.952. The van der Waals surface area contributed by atoms with Gasteiger partial charge in [-0.1, -0.05) is 0 Å². The number of imidazole rings is 1. The molecule has 0 saturated heterocycles. The van der Waals surface area contributed by atoms with Gasteiger partial charge in [-0.3, -0.25) is 4.72 Å². The van der Waals surface area contributed by atoms with E-state index in [4.69, 9.17) is 9.47 Å². The summed E-state index contributed by atoms with van der Waals surface area (Å²) >= 11 is 0. The van der Waals surface area contributed by atoms with Gasteiger partial charge in [-0.05, 0) is 30.3 Å². The fourth-order valence-corrected chi connectivity index (χ4v) is 3.36. The fourth-order valence-electron chi connectivity index (χ4n) is 2.28. The minimum absolute atomic E-state index is 0.00937. The Morgan fingerprint density at radius 3 is 2.42 bits per heavy atom. The molecule has 1 heterocycles. The molecule has 3 rings (SSSR count). The highest BCUT2D eigenvalue weighted by molar-refractivity contribution is 7.92. The van der Waals surface area contributed by atoms with Crippen LogP contribution in [-0.2, 0) is 10.0 Å². The van der Waals surface area contributed by atoms with E-state index in [0.717, 1.165) is 0 Å². The Morgan fingerprint density at radius 1 is 0.958 bits per heavy atom. The summed E-state index contributed by atoms with van der Waals surface area (Å²) in [6.07, 6.45) is 0. The molecule has 0 bridgehead atoms. The summed E-state index contributed by atoms with van der Waals surface area (Å²) in [5.41, 5.74) is 0.778. The van der Waals surface area contributed by atoms with Crippen LogP contribution in [-0.4, -0.2) is 32.6 Å². The number of methoxy groups -OCH3 is 2. The third-order valence-electron chi connectivity index (χ3n) is 3.45. The van der Waals surface area contributed by atoms with Crippen molar-refractivity contribution in [3.05, 3.63) is 46.9 Å². The molecule has 8 nitrogen and oxygen atoms in total. The molecular formula is C15H15N3O5S. The Morgan fingerprint density at radius 2 is 1.71 bits per heavy atom. The quantitative estimate of drug-likeness (QED) is 0.648. The van der Waals surface area contributed by atoms with Crippen molar-refractivity contribution in [3.8, 4) is 11.5 Å². The van der Waals surface area contributed by atoms with Gasteiger partial charge in [0.1, 0.15) is 11.5 Å². The van der Waals surface area contributed by atoms with Crippen LogP contribution in [0.15, 0.2) is 46.1 Å². The number of benzene rings is 2. The van der Waals surface area contributed by atoms with Crippen LogP contribution in [0, 0.1) is 0 Å². The van der Waals surface area contributed by atoms with Gasteiger partial charge in [0.2, 0.25) is 0 Å². The van der Waals surface area contributed by atoms with Crippen molar-refractivity contribution in [2.75, 3.05) is 18.9 Å². The number of nitrogens with one attached hydrogen (secondary N) is 3. The molecule has 0 unspecified atom stereocenters. The smallest absolute Gasteiger partial charge is 0.323 e. The van der Waals surface area contributed by atoms with E-state index in [1.807, 2.05) is 0 Å². The molecule has 0 saturated carbocycles. The van der Waals surface area contributed by atoms with Gasteiger partial charge in [0, 0.05) is 6.07 Å². The molecule has 126 valence electrons. The van der Waals surface area contributed by atoms with Crippen LogP contribution in [0.1, 0.15) is 0 Å². The van der Waals surface area contributed by atoms with Gasteiger partial charge in [0.25, 0.3) is 10.0 Å². The Hall–Kier alpha value is -2.94. The number of hydrogen-bond acceptors (Lipinski definition) is 5. The highest BCUT2D eigenvalue weighted by Crippen LogP contribution is 2.31. The third kappa shape index (κ3) is 2.93. The molecular weight excluding hydrogens is 334 g/mol. The zero-order valence-corrected chi connectivity index (χ0v) is 13.7. The van der Waals surface area contributed by atoms with E-state index in [0.29, 0.717) is 22.5 Å². The zero-order valence-electron chi connectivity index (χ0n) is 12.9. The third-order valence-corrected chi connectivity index (χ3v) is 4.81. The second kappa shape index (κ2) is 5.93. The van der Waals surface area contributed by atoms with Gasteiger partial charge in [-0.2, -0.15) is 0 Å². The van der Waals surface area contributed by atoms with Gasteiger partial charge >= 0.3 is 5.69 Å². The molecule has 3 N–H and O–H groups in total. The van der Waals surface area contributed by atoms with Crippen LogP contribution in [0.4, 0.5) is 5.69 Å². The van der Waals surface area contributed by atoms with Crippen molar-refractivity contribution >= 4 is 26.7 Å². The minimum atomic E-state index is -3.87. The largest absolute Gasteiger partial charge is 0.497 e. The van der Waals surface area contributed by atoms with Gasteiger partial charge in [0.05, 0.1) is 35.8 Å². The lowest BCUT2D eigenvalue weighted by atomic mass is 10.3. The normalized spacial score (nSPS) is 11.4. The number of hydrogen-bond donors (Lipinski definition) is 3. The molecule has 3 aromatic rings. The molecule has 0 radical (unpaired) electrons. The number of H-pyrrole nitrogens is 2. The monoisotopic (exact) mass is 349 g/mol. The van der Waals surface area contributed by atoms with Gasteiger partial charge in [-0.15, -0.1) is 0 Å². The number of aromatic amines is 2. The predicted octanol–water partition coefficient (Wildman–Crippen LogP) is 1.67. The Balaban J connectivity index is 2.02. The Bertz CT molecular complexity index is 1050. The van der Waals surface area contributed by atoms with E-state index in [-0.39, 0.29) is 10.6 Å². The van der Waals surface area contributed by atoms with Crippen molar-refractivity contribution in [2.24, 2.45) is 0 Å². The molecule has 0 spiro atoms. The molecule has 0 atom stereocenters. The highest BCUT2D eigenvalue weighted by Gasteiger charge is 2.18. The van der Waals surface area contributed by atoms with E-state index in [9.17, 15) is 13.2 Å². The first-order valence-corrected chi connectivity index (χ1v) is 8.38. The number of sulfonamides is 1. The molecule has 9 heteroatoms. The van der Waals surface area contributed by atoms with Crippen LogP contribution >= 0.6 is 0 Å². The summed E-state index contributed by atoms with van der Waals surface area (Å²) in [5, 5.41) is 0. The van der Waals surface area contributed by atoms with Crippen molar-refractivity contribution in [3.63, 3.8) is 0 Å². The second-order valence-electron chi connectivity index (χ2n) is 4.96. The first-order chi connectivity index (χ1) is 11.4. The molecule has 0 amide bonds. The lowest BCUT2D eigenvalue weighted by molar-refractivity contribution is 0.405. The molecule has 0 aliphatic rings. The number of anilines is 1. The van der Waals surface area contributed by atoms with Crippen LogP contribution in [0.3, 0.4) is 0 Å². The number of aromatic nitrogens is 2. The fraction of sp³-hybridized carbons (Fsp3) is 0.133. The average Bonchev–Trinajstić information content (AvgIpc) is 2.93. The maximum Gasteiger partial charge on any atom is 0.323 e. The second-order valence-corrected chi connectivity index (χ2v) is 6.64. The summed E-state index contributed by atoms with van der Waals surface area (Å²) in [6.45, 7) is 0. The lowest BCUT2D eigenvalue weighted by Gasteiger charge is -2.13.